The van der Waals surface area contributed by atoms with Crippen LogP contribution in [-0.4, -0.2) is 24.8 Å². The summed E-state index contributed by atoms with van der Waals surface area (Å²) in [7, 11) is -2.54. The highest BCUT2D eigenvalue weighted by atomic mass is 31.1. The molecule has 5 nitrogen and oxygen atoms in total. The van der Waals surface area contributed by atoms with Crippen molar-refractivity contribution >= 4 is 14.1 Å². The smallest absolute Gasteiger partial charge is 0.397 e. The third-order valence-electron chi connectivity index (χ3n) is 2.88. The van der Waals surface area contributed by atoms with E-state index in [0.29, 0.717) is 5.75 Å². The molecule has 0 spiro atoms. The van der Waals surface area contributed by atoms with Crippen molar-refractivity contribution in [2.45, 2.75) is 33.0 Å². The average Bonchev–Trinajstić information content (AvgIpc) is 2.44. The summed E-state index contributed by atoms with van der Waals surface area (Å²) in [5.41, 5.74) is -2.18. The van der Waals surface area contributed by atoms with E-state index in [9.17, 15) is 22.9 Å². The number of carbonyl (C=O) groups is 1. The van der Waals surface area contributed by atoms with E-state index < -0.39 is 38.4 Å². The van der Waals surface area contributed by atoms with Crippen LogP contribution < -0.4 is 9.42 Å². The van der Waals surface area contributed by atoms with E-state index in [-0.39, 0.29) is 0 Å². The number of hydrogen-bond donors (Lipinski definition) is 0. The molecule has 0 aliphatic carbocycles. The summed E-state index contributed by atoms with van der Waals surface area (Å²) >= 11 is 0. The topological polar surface area (TPSA) is 71.0 Å². The molecule has 128 valence electrons. The molecule has 0 heterocycles. The lowest BCUT2D eigenvalue weighted by molar-refractivity contribution is -0.226. The Balaban J connectivity index is 2.58. The number of para-hydroxylation sites is 1. The number of alkyl halides is 3. The van der Waals surface area contributed by atoms with Crippen molar-refractivity contribution in [1.29, 1.82) is 0 Å². The van der Waals surface area contributed by atoms with Gasteiger partial charge < -0.3 is 9.63 Å². The highest BCUT2D eigenvalue weighted by molar-refractivity contribution is 7.34. The predicted octanol–water partition coefficient (Wildman–Crippen LogP) is 3.44. The lowest BCUT2D eigenvalue weighted by Crippen LogP contribution is -2.38. The van der Waals surface area contributed by atoms with E-state index in [1.165, 1.54) is 6.92 Å². The molecule has 0 radical (unpaired) electrons. The summed E-state index contributed by atoms with van der Waals surface area (Å²) in [6.45, 7) is 2.26. The Kier molecular flexibility index (Phi) is 6.53. The Morgan fingerprint density at radius 2 is 1.87 bits per heavy atom. The number of rotatable bonds is 6. The van der Waals surface area contributed by atoms with E-state index in [1.54, 1.807) is 30.3 Å². The number of esters is 1. The first-order valence-electron chi connectivity index (χ1n) is 6.67. The van der Waals surface area contributed by atoms with Gasteiger partial charge in [0.1, 0.15) is 6.61 Å². The monoisotopic (exact) mass is 351 g/mol. The second kappa shape index (κ2) is 7.75. The predicted molar refractivity (Wildman–Crippen MR) is 76.7 cm³/mol. The summed E-state index contributed by atoms with van der Waals surface area (Å²) in [4.78, 5) is 23.3. The average molecular weight is 351 g/mol. The van der Waals surface area contributed by atoms with Crippen LogP contribution in [0.2, 0.25) is 0 Å². The minimum absolute atomic E-state index is 0.302. The second-order valence-corrected chi connectivity index (χ2v) is 6.31. The molecule has 23 heavy (non-hydrogen) atoms. The molecule has 0 saturated heterocycles. The second-order valence-electron chi connectivity index (χ2n) is 5.42. The normalized spacial score (nSPS) is 14.3. The first kappa shape index (κ1) is 19.4. The zero-order valence-corrected chi connectivity index (χ0v) is 13.7. The maximum absolute atomic E-state index is 12.7. The number of halogens is 3. The molecular weight excluding hydrogens is 334 g/mol. The fourth-order valence-corrected chi connectivity index (χ4v) is 1.96. The van der Waals surface area contributed by atoms with Gasteiger partial charge in [0.05, 0.1) is 5.41 Å². The molecule has 0 aromatic heterocycles. The number of benzene rings is 1. The minimum Gasteiger partial charge on any atom is -0.575 e. The highest BCUT2D eigenvalue weighted by Gasteiger charge is 2.48. The van der Waals surface area contributed by atoms with Crippen molar-refractivity contribution in [3.63, 3.8) is 0 Å². The summed E-state index contributed by atoms with van der Waals surface area (Å²) < 4.78 is 51.1. The lowest BCUT2D eigenvalue weighted by Gasteiger charge is -2.27. The van der Waals surface area contributed by atoms with Crippen LogP contribution in [0.4, 0.5) is 13.2 Å². The number of hydrogen-bond acceptors (Lipinski definition) is 5. The maximum atomic E-state index is 12.7. The van der Waals surface area contributed by atoms with Gasteiger partial charge in [-0.05, 0) is 32.9 Å². The Morgan fingerprint density at radius 1 is 1.30 bits per heavy atom. The largest absolute Gasteiger partial charge is 0.575 e. The van der Waals surface area contributed by atoms with Crippen LogP contribution in [0.1, 0.15) is 20.8 Å². The van der Waals surface area contributed by atoms with Crippen LogP contribution in [0, 0.1) is 5.41 Å². The Bertz CT molecular complexity index is 561. The first-order valence-corrected chi connectivity index (χ1v) is 7.80. The van der Waals surface area contributed by atoms with Gasteiger partial charge in [-0.25, -0.2) is 4.79 Å². The third-order valence-corrected chi connectivity index (χ3v) is 3.78. The number of nitrogens with zero attached hydrogens (tertiary/aromatic N) is 1. The highest BCUT2D eigenvalue weighted by Crippen LogP contribution is 2.37. The van der Waals surface area contributed by atoms with Gasteiger partial charge >= 0.3 is 20.3 Å². The lowest BCUT2D eigenvalue weighted by atomic mass is 9.94. The summed E-state index contributed by atoms with van der Waals surface area (Å²) in [6, 6.07) is 6.96. The first-order chi connectivity index (χ1) is 10.5. The summed E-state index contributed by atoms with van der Waals surface area (Å²) in [5.74, 6) is -0.696. The van der Waals surface area contributed by atoms with Crippen LogP contribution in [0.5, 0.6) is 5.75 Å². The molecule has 2 atom stereocenters. The SMILES string of the molecule is C[C@H](N=[P+]([O-])Oc1ccccc1)C(=O)OCC(C)(C)C(F)(F)F. The van der Waals surface area contributed by atoms with E-state index in [2.05, 4.69) is 9.48 Å². The van der Waals surface area contributed by atoms with Crippen LogP contribution in [0.25, 0.3) is 0 Å². The molecule has 1 aromatic carbocycles. The molecule has 0 amide bonds. The third kappa shape index (κ3) is 6.15. The Morgan fingerprint density at radius 3 is 2.39 bits per heavy atom. The Labute approximate surface area is 133 Å². The molecular formula is C14H17F3NO4P. The van der Waals surface area contributed by atoms with Gasteiger partial charge in [-0.15, -0.1) is 0 Å². The van der Waals surface area contributed by atoms with Crippen molar-refractivity contribution in [3.05, 3.63) is 30.3 Å². The van der Waals surface area contributed by atoms with E-state index in [1.807, 2.05) is 0 Å². The van der Waals surface area contributed by atoms with Crippen molar-refractivity contribution in [1.82, 2.24) is 0 Å². The van der Waals surface area contributed by atoms with Crippen molar-refractivity contribution in [2.75, 3.05) is 6.61 Å². The molecule has 0 N–H and O–H groups in total. The zero-order chi connectivity index (χ0) is 17.7. The minimum atomic E-state index is -4.50. The van der Waals surface area contributed by atoms with E-state index in [4.69, 9.17) is 4.52 Å². The zero-order valence-electron chi connectivity index (χ0n) is 12.8. The Hall–Kier alpha value is -1.66. The van der Waals surface area contributed by atoms with Crippen molar-refractivity contribution in [2.24, 2.45) is 10.2 Å². The van der Waals surface area contributed by atoms with Crippen LogP contribution in [0.3, 0.4) is 0 Å². The molecule has 0 aliphatic heterocycles. The van der Waals surface area contributed by atoms with Crippen molar-refractivity contribution in [3.8, 4) is 5.75 Å². The van der Waals surface area contributed by atoms with Gasteiger partial charge in [0, 0.05) is 0 Å². The molecule has 1 rings (SSSR count). The molecule has 9 heteroatoms. The van der Waals surface area contributed by atoms with Crippen LogP contribution in [0.15, 0.2) is 35.1 Å². The molecule has 0 saturated carbocycles. The molecule has 0 aliphatic rings. The fraction of sp³-hybridized carbons (Fsp3) is 0.500. The van der Waals surface area contributed by atoms with Gasteiger partial charge in [-0.3, -0.25) is 4.52 Å². The van der Waals surface area contributed by atoms with Gasteiger partial charge in [-0.2, -0.15) is 13.2 Å². The quantitative estimate of drug-likeness (QED) is 0.581. The van der Waals surface area contributed by atoms with Gasteiger partial charge in [0.25, 0.3) is 0 Å². The number of ether oxygens (including phenoxy) is 1. The van der Waals surface area contributed by atoms with Gasteiger partial charge in [0.2, 0.25) is 0 Å². The summed E-state index contributed by atoms with van der Waals surface area (Å²) in [5, 5.41) is 0. The number of carbonyl (C=O) groups excluding carboxylic acids is 1. The van der Waals surface area contributed by atoms with E-state index in [0.717, 1.165) is 13.8 Å². The molecule has 0 bridgehead atoms. The van der Waals surface area contributed by atoms with Crippen LogP contribution >= 0.6 is 8.17 Å². The molecule has 1 aromatic rings. The fourth-order valence-electron chi connectivity index (χ4n) is 1.24. The standard InChI is InChI=1S/C14H17F3NO4P/c1-10(12(19)21-9-13(2,3)14(15,16)17)18-23(20)22-11-7-5-4-6-8-11/h4-8,10H,9H2,1-3H3/t10-/m0/s1. The van der Waals surface area contributed by atoms with Gasteiger partial charge in [0.15, 0.2) is 11.8 Å². The maximum Gasteiger partial charge on any atom is 0.397 e. The van der Waals surface area contributed by atoms with Crippen LogP contribution in [-0.2, 0) is 9.53 Å². The van der Waals surface area contributed by atoms with Crippen molar-refractivity contribution < 1.29 is 32.1 Å². The van der Waals surface area contributed by atoms with E-state index >= 15 is 0 Å². The molecule has 1 unspecified atom stereocenters. The molecule has 0 fully saturated rings. The summed E-state index contributed by atoms with van der Waals surface area (Å²) in [6.07, 6.45) is -4.50. The van der Waals surface area contributed by atoms with Gasteiger partial charge in [-0.1, -0.05) is 22.9 Å².